The van der Waals surface area contributed by atoms with E-state index in [-0.39, 0.29) is 17.1 Å². The summed E-state index contributed by atoms with van der Waals surface area (Å²) in [6.07, 6.45) is 0. The van der Waals surface area contributed by atoms with Gasteiger partial charge in [0.2, 0.25) is 0 Å². The Morgan fingerprint density at radius 2 is 1.95 bits per heavy atom. The molecular formula is C13H13F2N3O2. The summed E-state index contributed by atoms with van der Waals surface area (Å²) in [6, 6.07) is 2.88. The Labute approximate surface area is 113 Å². The van der Waals surface area contributed by atoms with Gasteiger partial charge in [-0.3, -0.25) is 0 Å². The summed E-state index contributed by atoms with van der Waals surface area (Å²) >= 11 is 0. The van der Waals surface area contributed by atoms with E-state index < -0.39 is 23.0 Å². The lowest BCUT2D eigenvalue weighted by atomic mass is 9.90. The van der Waals surface area contributed by atoms with Crippen molar-refractivity contribution < 1.29 is 18.7 Å². The number of hydrogen-bond donors (Lipinski definition) is 1. The van der Waals surface area contributed by atoms with Crippen molar-refractivity contribution in [2.45, 2.75) is 26.2 Å². The van der Waals surface area contributed by atoms with Crippen molar-refractivity contribution in [3.63, 3.8) is 0 Å². The summed E-state index contributed by atoms with van der Waals surface area (Å²) in [5.41, 5.74) is -0.902. The highest BCUT2D eigenvalue weighted by Crippen LogP contribution is 2.28. The van der Waals surface area contributed by atoms with Crippen molar-refractivity contribution in [2.75, 3.05) is 0 Å². The molecule has 0 amide bonds. The van der Waals surface area contributed by atoms with E-state index in [9.17, 15) is 13.6 Å². The highest BCUT2D eigenvalue weighted by Gasteiger charge is 2.30. The van der Waals surface area contributed by atoms with Gasteiger partial charge in [0.1, 0.15) is 17.3 Å². The van der Waals surface area contributed by atoms with E-state index in [2.05, 4.69) is 10.3 Å². The quantitative estimate of drug-likeness (QED) is 0.918. The second kappa shape index (κ2) is 4.66. The molecule has 0 atom stereocenters. The van der Waals surface area contributed by atoms with E-state index in [1.165, 1.54) is 0 Å². The van der Waals surface area contributed by atoms with Crippen molar-refractivity contribution in [3.05, 3.63) is 41.2 Å². The van der Waals surface area contributed by atoms with Crippen LogP contribution in [-0.2, 0) is 5.41 Å². The van der Waals surface area contributed by atoms with Crippen LogP contribution >= 0.6 is 0 Å². The summed E-state index contributed by atoms with van der Waals surface area (Å²) in [5.74, 6) is -2.62. The molecule has 0 unspecified atom stereocenters. The van der Waals surface area contributed by atoms with Crippen molar-refractivity contribution in [3.8, 4) is 5.69 Å². The Morgan fingerprint density at radius 1 is 1.30 bits per heavy atom. The fraction of sp³-hybridized carbons (Fsp3) is 0.308. The first kappa shape index (κ1) is 14.1. The number of aromatic carboxylic acids is 1. The predicted molar refractivity (Wildman–Crippen MR) is 66.9 cm³/mol. The molecule has 20 heavy (non-hydrogen) atoms. The molecular weight excluding hydrogens is 268 g/mol. The summed E-state index contributed by atoms with van der Waals surface area (Å²) in [7, 11) is 0. The number of carboxylic acids is 1. The van der Waals surface area contributed by atoms with E-state index in [0.717, 1.165) is 22.9 Å². The van der Waals surface area contributed by atoms with Crippen LogP contribution in [-0.4, -0.2) is 26.1 Å². The zero-order valence-corrected chi connectivity index (χ0v) is 11.2. The van der Waals surface area contributed by atoms with Crippen LogP contribution in [0.3, 0.4) is 0 Å². The highest BCUT2D eigenvalue weighted by atomic mass is 19.1. The number of halogens is 2. The average molecular weight is 281 g/mol. The molecule has 0 aliphatic heterocycles. The van der Waals surface area contributed by atoms with Gasteiger partial charge < -0.3 is 5.11 Å². The SMILES string of the molecule is CC(C)(C)c1c(C(=O)O)nnn1-c1cc(F)ccc1F. The number of hydrogen-bond acceptors (Lipinski definition) is 3. The Balaban J connectivity index is 2.75. The van der Waals surface area contributed by atoms with Crippen LogP contribution in [0.4, 0.5) is 8.78 Å². The largest absolute Gasteiger partial charge is 0.476 e. The molecule has 0 spiro atoms. The molecule has 0 fully saturated rings. The van der Waals surface area contributed by atoms with Crippen LogP contribution in [0.15, 0.2) is 18.2 Å². The van der Waals surface area contributed by atoms with Gasteiger partial charge in [0.25, 0.3) is 0 Å². The second-order valence-electron chi connectivity index (χ2n) is 5.35. The molecule has 5 nitrogen and oxygen atoms in total. The molecule has 7 heteroatoms. The Kier molecular flexibility index (Phi) is 3.29. The van der Waals surface area contributed by atoms with Crippen LogP contribution in [0.5, 0.6) is 0 Å². The number of carbonyl (C=O) groups is 1. The van der Waals surface area contributed by atoms with E-state index in [4.69, 9.17) is 5.11 Å². The van der Waals surface area contributed by atoms with Crippen LogP contribution in [0.2, 0.25) is 0 Å². The molecule has 1 aromatic carbocycles. The number of rotatable bonds is 2. The monoisotopic (exact) mass is 281 g/mol. The Hall–Kier alpha value is -2.31. The maximum atomic E-state index is 13.8. The minimum atomic E-state index is -1.27. The number of carboxylic acid groups (broad SMARTS) is 1. The lowest BCUT2D eigenvalue weighted by Crippen LogP contribution is -2.21. The first-order chi connectivity index (χ1) is 9.21. The topological polar surface area (TPSA) is 68.0 Å². The van der Waals surface area contributed by atoms with Crippen LogP contribution < -0.4 is 0 Å². The smallest absolute Gasteiger partial charge is 0.358 e. The minimum Gasteiger partial charge on any atom is -0.476 e. The molecule has 0 saturated carbocycles. The molecule has 0 radical (unpaired) electrons. The van der Waals surface area contributed by atoms with Gasteiger partial charge in [0.15, 0.2) is 5.69 Å². The van der Waals surface area contributed by atoms with Crippen LogP contribution in [0.1, 0.15) is 37.0 Å². The molecule has 2 rings (SSSR count). The van der Waals surface area contributed by atoms with Gasteiger partial charge in [-0.25, -0.2) is 18.3 Å². The van der Waals surface area contributed by atoms with Gasteiger partial charge in [0.05, 0.1) is 5.69 Å². The van der Waals surface area contributed by atoms with Crippen LogP contribution in [0, 0.1) is 11.6 Å². The first-order valence-corrected chi connectivity index (χ1v) is 5.86. The normalized spacial score (nSPS) is 11.7. The predicted octanol–water partition coefficient (Wildman–Crippen LogP) is 2.54. The van der Waals surface area contributed by atoms with Crippen molar-refractivity contribution in [2.24, 2.45) is 0 Å². The molecule has 0 aliphatic carbocycles. The van der Waals surface area contributed by atoms with Gasteiger partial charge in [-0.2, -0.15) is 0 Å². The molecule has 2 aromatic rings. The van der Waals surface area contributed by atoms with Gasteiger partial charge >= 0.3 is 5.97 Å². The van der Waals surface area contributed by atoms with Crippen molar-refractivity contribution >= 4 is 5.97 Å². The van der Waals surface area contributed by atoms with Crippen LogP contribution in [0.25, 0.3) is 5.69 Å². The van der Waals surface area contributed by atoms with E-state index >= 15 is 0 Å². The summed E-state index contributed by atoms with van der Waals surface area (Å²) in [5, 5.41) is 16.3. The number of nitrogens with zero attached hydrogens (tertiary/aromatic N) is 3. The van der Waals surface area contributed by atoms with E-state index in [1.807, 2.05) is 0 Å². The number of aromatic nitrogens is 3. The molecule has 1 N–H and O–H groups in total. The molecule has 0 bridgehead atoms. The third-order valence-corrected chi connectivity index (χ3v) is 2.72. The molecule has 106 valence electrons. The lowest BCUT2D eigenvalue weighted by molar-refractivity contribution is 0.0687. The van der Waals surface area contributed by atoms with Gasteiger partial charge in [-0.05, 0) is 12.1 Å². The summed E-state index contributed by atoms with van der Waals surface area (Å²) < 4.78 is 28.1. The van der Waals surface area contributed by atoms with Gasteiger partial charge in [-0.15, -0.1) is 5.10 Å². The van der Waals surface area contributed by atoms with Gasteiger partial charge in [0, 0.05) is 11.5 Å². The van der Waals surface area contributed by atoms with Crippen molar-refractivity contribution in [1.29, 1.82) is 0 Å². The molecule has 1 aromatic heterocycles. The summed E-state index contributed by atoms with van der Waals surface area (Å²) in [6.45, 7) is 5.23. The number of benzene rings is 1. The minimum absolute atomic E-state index is 0.171. The summed E-state index contributed by atoms with van der Waals surface area (Å²) in [4.78, 5) is 11.2. The third-order valence-electron chi connectivity index (χ3n) is 2.72. The Morgan fingerprint density at radius 3 is 2.50 bits per heavy atom. The van der Waals surface area contributed by atoms with Crippen molar-refractivity contribution in [1.82, 2.24) is 15.0 Å². The molecule has 0 aliphatic rings. The van der Waals surface area contributed by atoms with E-state index in [0.29, 0.717) is 0 Å². The fourth-order valence-electron chi connectivity index (χ4n) is 1.92. The first-order valence-electron chi connectivity index (χ1n) is 5.86. The maximum Gasteiger partial charge on any atom is 0.358 e. The molecule has 0 saturated heterocycles. The molecule has 1 heterocycles. The maximum absolute atomic E-state index is 13.8. The zero-order chi connectivity index (χ0) is 15.1. The standard InChI is InChI=1S/C13H13F2N3O2/c1-13(2,3)11-10(12(19)20)16-17-18(11)9-6-7(14)4-5-8(9)15/h4-6H,1-3H3,(H,19,20). The zero-order valence-electron chi connectivity index (χ0n) is 11.2. The fourth-order valence-corrected chi connectivity index (χ4v) is 1.92. The van der Waals surface area contributed by atoms with Gasteiger partial charge in [-0.1, -0.05) is 26.0 Å². The second-order valence-corrected chi connectivity index (χ2v) is 5.35. The highest BCUT2D eigenvalue weighted by molar-refractivity contribution is 5.87. The lowest BCUT2D eigenvalue weighted by Gasteiger charge is -2.20. The third kappa shape index (κ3) is 2.38. The average Bonchev–Trinajstić information content (AvgIpc) is 2.76. The van der Waals surface area contributed by atoms with E-state index in [1.54, 1.807) is 20.8 Å². The Bertz CT molecular complexity index is 675.